The lowest BCUT2D eigenvalue weighted by Crippen LogP contribution is -2.50. The van der Waals surface area contributed by atoms with Crippen molar-refractivity contribution in [3.8, 4) is 16.3 Å². The zero-order valence-corrected chi connectivity index (χ0v) is 18.6. The minimum absolute atomic E-state index is 0.0512. The van der Waals surface area contributed by atoms with Gasteiger partial charge in [-0.15, -0.1) is 11.3 Å². The van der Waals surface area contributed by atoms with E-state index in [1.807, 2.05) is 57.7 Å². The molecular formula is C24H29N5OS. The Kier molecular flexibility index (Phi) is 6.13. The largest absolute Gasteiger partial charge is 0.335 e. The lowest BCUT2D eigenvalue weighted by atomic mass is 9.89. The summed E-state index contributed by atoms with van der Waals surface area (Å²) in [6.07, 6.45) is 10.7. The Morgan fingerprint density at radius 1 is 1.03 bits per heavy atom. The van der Waals surface area contributed by atoms with Gasteiger partial charge in [0.1, 0.15) is 10.7 Å². The summed E-state index contributed by atoms with van der Waals surface area (Å²) in [6, 6.07) is 10.0. The van der Waals surface area contributed by atoms with Crippen LogP contribution >= 0.6 is 11.3 Å². The molecule has 31 heavy (non-hydrogen) atoms. The van der Waals surface area contributed by atoms with E-state index in [1.165, 1.54) is 50.0 Å². The molecule has 0 unspecified atom stereocenters. The van der Waals surface area contributed by atoms with Crippen molar-refractivity contribution >= 4 is 17.2 Å². The molecule has 6 nitrogen and oxygen atoms in total. The predicted molar refractivity (Wildman–Crippen MR) is 124 cm³/mol. The molecule has 7 heteroatoms. The number of amides is 1. The van der Waals surface area contributed by atoms with Crippen molar-refractivity contribution in [2.24, 2.45) is 5.92 Å². The van der Waals surface area contributed by atoms with Crippen molar-refractivity contribution in [1.29, 1.82) is 0 Å². The van der Waals surface area contributed by atoms with Crippen LogP contribution in [0.15, 0.2) is 48.1 Å². The summed E-state index contributed by atoms with van der Waals surface area (Å²) in [5, 5.41) is 7.16. The van der Waals surface area contributed by atoms with Crippen LogP contribution in [-0.4, -0.2) is 63.2 Å². The van der Waals surface area contributed by atoms with E-state index in [-0.39, 0.29) is 5.91 Å². The molecule has 3 heterocycles. The standard InChI is InChI=1S/C24H29N5OS/c30-24(28-13-11-27(12-14-28)16-19-7-3-1-4-8-19)22-18-31-23(26-22)20-15-25-29(17-20)21-9-5-2-6-10-21/h2,5-6,9-10,15,17-19H,1,3-4,7-8,11-14,16H2. The van der Waals surface area contributed by atoms with Crippen LogP contribution in [0.5, 0.6) is 0 Å². The number of piperazine rings is 1. The Hall–Kier alpha value is -2.51. The molecule has 1 aliphatic carbocycles. The van der Waals surface area contributed by atoms with E-state index in [2.05, 4.69) is 15.0 Å². The Morgan fingerprint density at radius 2 is 1.81 bits per heavy atom. The molecule has 0 spiro atoms. The highest BCUT2D eigenvalue weighted by Crippen LogP contribution is 2.26. The third kappa shape index (κ3) is 4.72. The van der Waals surface area contributed by atoms with Gasteiger partial charge in [0, 0.05) is 49.9 Å². The number of carbonyl (C=O) groups excluding carboxylic acids is 1. The van der Waals surface area contributed by atoms with Gasteiger partial charge >= 0.3 is 0 Å². The van der Waals surface area contributed by atoms with Crippen molar-refractivity contribution in [1.82, 2.24) is 24.6 Å². The van der Waals surface area contributed by atoms with Crippen LogP contribution < -0.4 is 0 Å². The van der Waals surface area contributed by atoms with Crippen molar-refractivity contribution in [2.45, 2.75) is 32.1 Å². The fourth-order valence-electron chi connectivity index (χ4n) is 4.69. The molecular weight excluding hydrogens is 406 g/mol. The average molecular weight is 436 g/mol. The number of rotatable bonds is 5. The Morgan fingerprint density at radius 3 is 2.58 bits per heavy atom. The fraction of sp³-hybridized carbons (Fsp3) is 0.458. The molecule has 162 valence electrons. The summed E-state index contributed by atoms with van der Waals surface area (Å²) in [6.45, 7) is 4.75. The maximum absolute atomic E-state index is 13.0. The average Bonchev–Trinajstić information content (AvgIpc) is 3.51. The monoisotopic (exact) mass is 435 g/mol. The first kappa shape index (κ1) is 20.4. The van der Waals surface area contributed by atoms with Crippen LogP contribution in [0.25, 0.3) is 16.3 Å². The van der Waals surface area contributed by atoms with Crippen molar-refractivity contribution in [2.75, 3.05) is 32.7 Å². The number of carbonyl (C=O) groups is 1. The molecule has 1 aromatic carbocycles. The third-order valence-electron chi connectivity index (χ3n) is 6.47. The van der Waals surface area contributed by atoms with Gasteiger partial charge in [-0.1, -0.05) is 37.5 Å². The summed E-state index contributed by atoms with van der Waals surface area (Å²) >= 11 is 1.50. The van der Waals surface area contributed by atoms with Crippen LogP contribution in [0.3, 0.4) is 0 Å². The molecule has 5 rings (SSSR count). The third-order valence-corrected chi connectivity index (χ3v) is 7.37. The van der Waals surface area contributed by atoms with E-state index in [4.69, 9.17) is 0 Å². The van der Waals surface area contributed by atoms with Gasteiger partial charge in [0.2, 0.25) is 0 Å². The van der Waals surface area contributed by atoms with E-state index in [0.717, 1.165) is 48.4 Å². The zero-order valence-electron chi connectivity index (χ0n) is 17.8. The molecule has 0 radical (unpaired) electrons. The lowest BCUT2D eigenvalue weighted by Gasteiger charge is -2.37. The van der Waals surface area contributed by atoms with Gasteiger partial charge in [0.05, 0.1) is 11.9 Å². The second-order valence-electron chi connectivity index (χ2n) is 8.64. The zero-order chi connectivity index (χ0) is 21.0. The smallest absolute Gasteiger partial charge is 0.273 e. The van der Waals surface area contributed by atoms with Gasteiger partial charge in [-0.25, -0.2) is 9.67 Å². The highest BCUT2D eigenvalue weighted by Gasteiger charge is 2.26. The highest BCUT2D eigenvalue weighted by molar-refractivity contribution is 7.13. The number of thiazole rings is 1. The number of hydrogen-bond donors (Lipinski definition) is 0. The van der Waals surface area contributed by atoms with Crippen LogP contribution in [0.1, 0.15) is 42.6 Å². The van der Waals surface area contributed by atoms with Crippen LogP contribution in [0.2, 0.25) is 0 Å². The van der Waals surface area contributed by atoms with E-state index >= 15 is 0 Å². The quantitative estimate of drug-likeness (QED) is 0.598. The van der Waals surface area contributed by atoms with Crippen molar-refractivity contribution in [3.63, 3.8) is 0 Å². The summed E-state index contributed by atoms with van der Waals surface area (Å²) < 4.78 is 1.84. The molecule has 0 bridgehead atoms. The fourth-order valence-corrected chi connectivity index (χ4v) is 5.46. The summed E-state index contributed by atoms with van der Waals surface area (Å²) in [4.78, 5) is 22.1. The Bertz CT molecular complexity index is 1000. The van der Waals surface area contributed by atoms with Gasteiger partial charge in [0.25, 0.3) is 5.91 Å². The lowest BCUT2D eigenvalue weighted by molar-refractivity contribution is 0.0601. The van der Waals surface area contributed by atoms with E-state index < -0.39 is 0 Å². The number of hydrogen-bond acceptors (Lipinski definition) is 5. The molecule has 3 aromatic rings. The van der Waals surface area contributed by atoms with Gasteiger partial charge in [-0.3, -0.25) is 9.69 Å². The second-order valence-corrected chi connectivity index (χ2v) is 9.50. The van der Waals surface area contributed by atoms with Gasteiger partial charge in [-0.05, 0) is 30.9 Å². The Balaban J connectivity index is 1.18. The molecule has 1 aliphatic heterocycles. The van der Waals surface area contributed by atoms with Crippen molar-refractivity contribution in [3.05, 3.63) is 53.8 Å². The molecule has 2 aliphatic rings. The summed E-state index contributed by atoms with van der Waals surface area (Å²) in [5.41, 5.74) is 2.49. The molecule has 0 N–H and O–H groups in total. The molecule has 2 aromatic heterocycles. The molecule has 0 atom stereocenters. The van der Waals surface area contributed by atoms with Crippen LogP contribution in [-0.2, 0) is 0 Å². The van der Waals surface area contributed by atoms with Gasteiger partial charge < -0.3 is 4.90 Å². The first-order valence-electron chi connectivity index (χ1n) is 11.3. The first-order chi connectivity index (χ1) is 15.3. The van der Waals surface area contributed by atoms with Crippen LogP contribution in [0, 0.1) is 5.92 Å². The minimum atomic E-state index is 0.0512. The van der Waals surface area contributed by atoms with E-state index in [0.29, 0.717) is 5.69 Å². The Labute approximate surface area is 187 Å². The second kappa shape index (κ2) is 9.32. The number of nitrogens with zero attached hydrogens (tertiary/aromatic N) is 5. The molecule has 1 saturated carbocycles. The normalized spacial score (nSPS) is 18.4. The first-order valence-corrected chi connectivity index (χ1v) is 12.2. The maximum Gasteiger partial charge on any atom is 0.273 e. The summed E-state index contributed by atoms with van der Waals surface area (Å²) in [5.74, 6) is 0.907. The SMILES string of the molecule is O=C(c1csc(-c2cnn(-c3ccccc3)c2)n1)N1CCN(CC2CCCCC2)CC1. The topological polar surface area (TPSA) is 54.3 Å². The van der Waals surface area contributed by atoms with E-state index in [9.17, 15) is 4.79 Å². The summed E-state index contributed by atoms with van der Waals surface area (Å²) in [7, 11) is 0. The van der Waals surface area contributed by atoms with Gasteiger partial charge in [-0.2, -0.15) is 5.10 Å². The predicted octanol–water partition coefficient (Wildman–Crippen LogP) is 4.33. The molecule has 1 saturated heterocycles. The number of benzene rings is 1. The van der Waals surface area contributed by atoms with Crippen LogP contribution in [0.4, 0.5) is 0 Å². The van der Waals surface area contributed by atoms with E-state index in [1.54, 1.807) is 0 Å². The minimum Gasteiger partial charge on any atom is -0.335 e. The molecule has 2 fully saturated rings. The molecule has 1 amide bonds. The van der Waals surface area contributed by atoms with Gasteiger partial charge in [0.15, 0.2) is 0 Å². The highest BCUT2D eigenvalue weighted by atomic mass is 32.1. The maximum atomic E-state index is 13.0. The number of para-hydroxylation sites is 1. The number of aromatic nitrogens is 3. The van der Waals surface area contributed by atoms with Crippen molar-refractivity contribution < 1.29 is 4.79 Å².